The number of rotatable bonds is 4. The van der Waals surface area contributed by atoms with Crippen LogP contribution in [0.3, 0.4) is 0 Å². The van der Waals surface area contributed by atoms with Crippen molar-refractivity contribution in [2.24, 2.45) is 0 Å². The van der Waals surface area contributed by atoms with Crippen molar-refractivity contribution >= 4 is 11.9 Å². The van der Waals surface area contributed by atoms with E-state index in [0.717, 1.165) is 0 Å². The Hall–Kier alpha value is -1.88. The molecule has 1 aliphatic rings. The molecule has 1 aliphatic heterocycles. The van der Waals surface area contributed by atoms with Gasteiger partial charge in [-0.2, -0.15) is 0 Å². The molecule has 1 N–H and O–H groups in total. The average Bonchev–Trinajstić information content (AvgIpc) is 2.50. The van der Waals surface area contributed by atoms with Crippen LogP contribution in [0, 0.1) is 0 Å². The fraction of sp³-hybridized carbons (Fsp3) is 0.500. The largest absolute Gasteiger partial charge is 0.468 e. The zero-order chi connectivity index (χ0) is 15.4. The molecule has 0 spiro atoms. The third-order valence-electron chi connectivity index (χ3n) is 3.81. The second-order valence-electron chi connectivity index (χ2n) is 5.54. The van der Waals surface area contributed by atoms with Gasteiger partial charge in [-0.15, -0.1) is 0 Å². The molecular formula is C16H22N2O3. The van der Waals surface area contributed by atoms with E-state index in [-0.39, 0.29) is 24.5 Å². The minimum atomic E-state index is -0.395. The number of esters is 1. The van der Waals surface area contributed by atoms with Gasteiger partial charge in [0.25, 0.3) is 0 Å². The van der Waals surface area contributed by atoms with Crippen LogP contribution in [-0.4, -0.2) is 42.5 Å². The summed E-state index contributed by atoms with van der Waals surface area (Å²) < 4.78 is 4.67. The number of hydrogen-bond donors (Lipinski definition) is 1. The quantitative estimate of drug-likeness (QED) is 0.844. The van der Waals surface area contributed by atoms with E-state index < -0.39 is 5.97 Å². The van der Waals surface area contributed by atoms with Crippen LogP contribution in [0.15, 0.2) is 24.3 Å². The Labute approximate surface area is 125 Å². The molecule has 114 valence electrons. The number of benzene rings is 1. The van der Waals surface area contributed by atoms with Crippen LogP contribution >= 0.6 is 0 Å². The SMILES string of the molecule is COC(=O)CN(C(=O)C1Cc2ccccc2CN1)C(C)C. The summed E-state index contributed by atoms with van der Waals surface area (Å²) >= 11 is 0. The van der Waals surface area contributed by atoms with Gasteiger partial charge in [0.15, 0.2) is 0 Å². The molecule has 5 heteroatoms. The van der Waals surface area contributed by atoms with E-state index in [1.807, 2.05) is 26.0 Å². The first-order valence-electron chi connectivity index (χ1n) is 7.20. The predicted molar refractivity (Wildman–Crippen MR) is 79.6 cm³/mol. The van der Waals surface area contributed by atoms with Crippen LogP contribution in [0.5, 0.6) is 0 Å². The first-order valence-corrected chi connectivity index (χ1v) is 7.20. The Balaban J connectivity index is 2.10. The average molecular weight is 290 g/mol. The predicted octanol–water partition coefficient (Wildman–Crippen LogP) is 1.11. The lowest BCUT2D eigenvalue weighted by Crippen LogP contribution is -2.52. The number of ether oxygens (including phenoxy) is 1. The van der Waals surface area contributed by atoms with Gasteiger partial charge in [0.1, 0.15) is 6.54 Å². The van der Waals surface area contributed by atoms with Crippen molar-refractivity contribution in [3.8, 4) is 0 Å². The molecule has 0 aliphatic carbocycles. The molecule has 1 heterocycles. The van der Waals surface area contributed by atoms with Crippen molar-refractivity contribution in [3.05, 3.63) is 35.4 Å². The van der Waals surface area contributed by atoms with E-state index in [0.29, 0.717) is 13.0 Å². The van der Waals surface area contributed by atoms with Crippen molar-refractivity contribution in [1.29, 1.82) is 0 Å². The molecule has 1 amide bonds. The highest BCUT2D eigenvalue weighted by Gasteiger charge is 2.30. The molecule has 1 aromatic rings. The molecule has 1 atom stereocenters. The van der Waals surface area contributed by atoms with Gasteiger partial charge < -0.3 is 15.0 Å². The smallest absolute Gasteiger partial charge is 0.325 e. The Morgan fingerprint density at radius 3 is 2.62 bits per heavy atom. The number of amides is 1. The summed E-state index contributed by atoms with van der Waals surface area (Å²) in [5, 5.41) is 3.26. The minimum absolute atomic E-state index is 0.00712. The Morgan fingerprint density at radius 1 is 1.33 bits per heavy atom. The third kappa shape index (κ3) is 3.61. The van der Waals surface area contributed by atoms with Crippen LogP contribution < -0.4 is 5.32 Å². The van der Waals surface area contributed by atoms with Gasteiger partial charge >= 0.3 is 5.97 Å². The number of nitrogens with one attached hydrogen (secondary N) is 1. The second kappa shape index (κ2) is 6.72. The molecule has 21 heavy (non-hydrogen) atoms. The van der Waals surface area contributed by atoms with Crippen molar-refractivity contribution in [2.75, 3.05) is 13.7 Å². The van der Waals surface area contributed by atoms with Crippen LogP contribution in [0.4, 0.5) is 0 Å². The van der Waals surface area contributed by atoms with Crippen LogP contribution in [0.25, 0.3) is 0 Å². The summed E-state index contributed by atoms with van der Waals surface area (Å²) in [5.41, 5.74) is 2.42. The molecule has 0 aromatic heterocycles. The van der Waals surface area contributed by atoms with E-state index in [1.54, 1.807) is 4.90 Å². The summed E-state index contributed by atoms with van der Waals surface area (Å²) in [5.74, 6) is -0.446. The topological polar surface area (TPSA) is 58.6 Å². The first-order chi connectivity index (χ1) is 10.0. The van der Waals surface area contributed by atoms with E-state index >= 15 is 0 Å². The first kappa shape index (κ1) is 15.5. The van der Waals surface area contributed by atoms with Crippen LogP contribution in [0.2, 0.25) is 0 Å². The summed E-state index contributed by atoms with van der Waals surface area (Å²) in [4.78, 5) is 25.7. The Kier molecular flexibility index (Phi) is 4.96. The molecule has 2 rings (SSSR count). The zero-order valence-corrected chi connectivity index (χ0v) is 12.8. The lowest BCUT2D eigenvalue weighted by molar-refractivity contribution is -0.149. The molecule has 0 radical (unpaired) electrons. The van der Waals surface area contributed by atoms with Crippen LogP contribution in [-0.2, 0) is 27.3 Å². The molecule has 1 unspecified atom stereocenters. The highest BCUT2D eigenvalue weighted by Crippen LogP contribution is 2.18. The highest BCUT2D eigenvalue weighted by molar-refractivity contribution is 5.86. The number of methoxy groups -OCH3 is 1. The zero-order valence-electron chi connectivity index (χ0n) is 12.8. The number of carbonyl (C=O) groups is 2. The van der Waals surface area contributed by atoms with E-state index in [1.165, 1.54) is 18.2 Å². The lowest BCUT2D eigenvalue weighted by atomic mass is 9.95. The number of hydrogen-bond acceptors (Lipinski definition) is 4. The molecule has 0 saturated carbocycles. The highest BCUT2D eigenvalue weighted by atomic mass is 16.5. The molecule has 0 fully saturated rings. The van der Waals surface area contributed by atoms with Crippen LogP contribution in [0.1, 0.15) is 25.0 Å². The lowest BCUT2D eigenvalue weighted by Gasteiger charge is -2.32. The van der Waals surface area contributed by atoms with Gasteiger partial charge in [-0.25, -0.2) is 0 Å². The fourth-order valence-corrected chi connectivity index (χ4v) is 2.55. The maximum atomic E-state index is 12.7. The molecular weight excluding hydrogens is 268 g/mol. The summed E-state index contributed by atoms with van der Waals surface area (Å²) in [6.45, 7) is 4.47. The second-order valence-corrected chi connectivity index (χ2v) is 5.54. The number of nitrogens with zero attached hydrogens (tertiary/aromatic N) is 1. The Bertz CT molecular complexity index is 528. The third-order valence-corrected chi connectivity index (χ3v) is 3.81. The molecule has 0 saturated heterocycles. The van der Waals surface area contributed by atoms with Gasteiger partial charge in [0, 0.05) is 12.6 Å². The van der Waals surface area contributed by atoms with E-state index in [9.17, 15) is 9.59 Å². The summed E-state index contributed by atoms with van der Waals surface area (Å²) in [6, 6.07) is 7.78. The van der Waals surface area contributed by atoms with Crippen molar-refractivity contribution in [2.45, 2.75) is 38.9 Å². The van der Waals surface area contributed by atoms with Gasteiger partial charge in [0.2, 0.25) is 5.91 Å². The molecule has 5 nitrogen and oxygen atoms in total. The summed E-state index contributed by atoms with van der Waals surface area (Å²) in [6.07, 6.45) is 0.652. The number of carbonyl (C=O) groups excluding carboxylic acids is 2. The van der Waals surface area contributed by atoms with E-state index in [4.69, 9.17) is 0 Å². The van der Waals surface area contributed by atoms with Gasteiger partial charge in [-0.3, -0.25) is 9.59 Å². The number of fused-ring (bicyclic) bond motifs is 1. The fourth-order valence-electron chi connectivity index (χ4n) is 2.55. The van der Waals surface area contributed by atoms with Gasteiger partial charge in [-0.05, 0) is 31.4 Å². The monoisotopic (exact) mass is 290 g/mol. The van der Waals surface area contributed by atoms with Crippen molar-refractivity contribution in [1.82, 2.24) is 10.2 Å². The van der Waals surface area contributed by atoms with Gasteiger partial charge in [0.05, 0.1) is 13.2 Å². The molecule has 1 aromatic carbocycles. The Morgan fingerprint density at radius 2 is 2.00 bits per heavy atom. The minimum Gasteiger partial charge on any atom is -0.468 e. The standard InChI is InChI=1S/C16H22N2O3/c1-11(2)18(10-15(19)21-3)16(20)14-8-12-6-4-5-7-13(12)9-17-14/h4-7,11,14,17H,8-10H2,1-3H3. The normalized spacial score (nSPS) is 17.2. The van der Waals surface area contributed by atoms with Crippen molar-refractivity contribution in [3.63, 3.8) is 0 Å². The van der Waals surface area contributed by atoms with Crippen molar-refractivity contribution < 1.29 is 14.3 Å². The summed E-state index contributed by atoms with van der Waals surface area (Å²) in [7, 11) is 1.33. The maximum absolute atomic E-state index is 12.7. The van der Waals surface area contributed by atoms with Gasteiger partial charge in [-0.1, -0.05) is 24.3 Å². The molecule has 0 bridgehead atoms. The van der Waals surface area contributed by atoms with E-state index in [2.05, 4.69) is 22.2 Å². The maximum Gasteiger partial charge on any atom is 0.325 e.